The van der Waals surface area contributed by atoms with Gasteiger partial charge in [0.25, 0.3) is 5.91 Å². The molecule has 4 nitrogen and oxygen atoms in total. The van der Waals surface area contributed by atoms with Crippen molar-refractivity contribution in [3.8, 4) is 0 Å². The van der Waals surface area contributed by atoms with E-state index in [1.54, 1.807) is 31.4 Å². The third-order valence-corrected chi connectivity index (χ3v) is 4.42. The monoisotopic (exact) mass is 330 g/mol. The van der Waals surface area contributed by atoms with E-state index in [1.807, 2.05) is 24.3 Å². The maximum absolute atomic E-state index is 12.2. The highest BCUT2D eigenvalue weighted by Gasteiger charge is 2.22. The van der Waals surface area contributed by atoms with Crippen molar-refractivity contribution in [2.75, 3.05) is 30.4 Å². The van der Waals surface area contributed by atoms with Gasteiger partial charge in [-0.1, -0.05) is 23.7 Å². The number of amides is 1. The van der Waals surface area contributed by atoms with Crippen molar-refractivity contribution in [1.29, 1.82) is 0 Å². The van der Waals surface area contributed by atoms with Gasteiger partial charge >= 0.3 is 0 Å². The van der Waals surface area contributed by atoms with Crippen LogP contribution in [0.15, 0.2) is 48.5 Å². The van der Waals surface area contributed by atoms with Crippen molar-refractivity contribution in [2.45, 2.75) is 12.5 Å². The molecular formula is C18H19ClN2O2. The standard InChI is InChI=1S/C18H19ClN2O2/c1-23-15-10-11-21(12-15)14-8-6-13(7-9-14)20-18(22)16-4-2-3-5-17(16)19/h2-9,15H,10-12H2,1H3,(H,20,22). The fourth-order valence-corrected chi connectivity index (χ4v) is 2.98. The minimum Gasteiger partial charge on any atom is -0.380 e. The van der Waals surface area contributed by atoms with Crippen LogP contribution in [0.4, 0.5) is 11.4 Å². The predicted molar refractivity (Wildman–Crippen MR) is 93.5 cm³/mol. The molecule has 1 amide bonds. The number of benzene rings is 2. The fraction of sp³-hybridized carbons (Fsp3) is 0.278. The van der Waals surface area contributed by atoms with Crippen molar-refractivity contribution in [2.24, 2.45) is 0 Å². The van der Waals surface area contributed by atoms with Crippen molar-refractivity contribution in [3.05, 3.63) is 59.1 Å². The van der Waals surface area contributed by atoms with Crippen LogP contribution in [0.5, 0.6) is 0 Å². The lowest BCUT2D eigenvalue weighted by molar-refractivity contribution is 0.102. The average molecular weight is 331 g/mol. The van der Waals surface area contributed by atoms with Gasteiger partial charge in [-0.2, -0.15) is 0 Å². The molecule has 0 aromatic heterocycles. The highest BCUT2D eigenvalue weighted by atomic mass is 35.5. The van der Waals surface area contributed by atoms with Gasteiger partial charge < -0.3 is 15.0 Å². The Morgan fingerprint density at radius 2 is 1.96 bits per heavy atom. The van der Waals surface area contributed by atoms with E-state index in [9.17, 15) is 4.79 Å². The molecule has 2 aromatic rings. The number of carbonyl (C=O) groups excluding carboxylic acids is 1. The number of carbonyl (C=O) groups is 1. The first-order chi connectivity index (χ1) is 11.2. The summed E-state index contributed by atoms with van der Waals surface area (Å²) in [6.45, 7) is 1.89. The highest BCUT2D eigenvalue weighted by Crippen LogP contribution is 2.24. The summed E-state index contributed by atoms with van der Waals surface area (Å²) < 4.78 is 5.39. The van der Waals surface area contributed by atoms with Crippen LogP contribution in [0.1, 0.15) is 16.8 Å². The van der Waals surface area contributed by atoms with E-state index < -0.39 is 0 Å². The summed E-state index contributed by atoms with van der Waals surface area (Å²) in [6.07, 6.45) is 1.34. The molecule has 1 unspecified atom stereocenters. The first-order valence-electron chi connectivity index (χ1n) is 7.61. The molecule has 0 radical (unpaired) electrons. The second kappa shape index (κ2) is 7.02. The normalized spacial score (nSPS) is 17.3. The minimum atomic E-state index is -0.205. The Balaban J connectivity index is 1.66. The summed E-state index contributed by atoms with van der Waals surface area (Å²) >= 11 is 6.04. The Morgan fingerprint density at radius 1 is 1.22 bits per heavy atom. The SMILES string of the molecule is COC1CCN(c2ccc(NC(=O)c3ccccc3Cl)cc2)C1. The molecule has 120 valence electrons. The molecule has 23 heavy (non-hydrogen) atoms. The topological polar surface area (TPSA) is 41.6 Å². The van der Waals surface area contributed by atoms with Gasteiger partial charge in [0.15, 0.2) is 0 Å². The molecule has 1 atom stereocenters. The summed E-state index contributed by atoms with van der Waals surface area (Å²) in [5, 5.41) is 3.32. The molecule has 1 heterocycles. The first-order valence-corrected chi connectivity index (χ1v) is 7.99. The second-order valence-corrected chi connectivity index (χ2v) is 5.98. The van der Waals surface area contributed by atoms with Gasteiger partial charge in [-0.25, -0.2) is 0 Å². The predicted octanol–water partition coefficient (Wildman–Crippen LogP) is 3.82. The summed E-state index contributed by atoms with van der Waals surface area (Å²) in [4.78, 5) is 14.5. The Kier molecular flexibility index (Phi) is 4.84. The molecule has 0 aliphatic carbocycles. The molecule has 0 bridgehead atoms. The zero-order chi connectivity index (χ0) is 16.2. The lowest BCUT2D eigenvalue weighted by Crippen LogP contribution is -2.22. The maximum atomic E-state index is 12.2. The summed E-state index contributed by atoms with van der Waals surface area (Å²) in [5.41, 5.74) is 2.36. The molecule has 3 rings (SSSR count). The molecule has 0 spiro atoms. The highest BCUT2D eigenvalue weighted by molar-refractivity contribution is 6.34. The van der Waals surface area contributed by atoms with E-state index in [0.29, 0.717) is 16.7 Å². The number of nitrogens with one attached hydrogen (secondary N) is 1. The van der Waals surface area contributed by atoms with Crippen LogP contribution in [-0.4, -0.2) is 32.2 Å². The van der Waals surface area contributed by atoms with E-state index in [4.69, 9.17) is 16.3 Å². The molecule has 2 aromatic carbocycles. The number of hydrogen-bond donors (Lipinski definition) is 1. The van der Waals surface area contributed by atoms with Crippen molar-refractivity contribution in [1.82, 2.24) is 0 Å². The van der Waals surface area contributed by atoms with Crippen LogP contribution in [-0.2, 0) is 4.74 Å². The van der Waals surface area contributed by atoms with Crippen molar-refractivity contribution >= 4 is 28.9 Å². The van der Waals surface area contributed by atoms with Gasteiger partial charge in [0.1, 0.15) is 0 Å². The molecule has 1 fully saturated rings. The molecule has 1 aliphatic heterocycles. The van der Waals surface area contributed by atoms with Crippen LogP contribution in [0.2, 0.25) is 5.02 Å². The van der Waals surface area contributed by atoms with Gasteiger partial charge in [-0.05, 0) is 42.8 Å². The number of hydrogen-bond acceptors (Lipinski definition) is 3. The van der Waals surface area contributed by atoms with Crippen LogP contribution in [0.3, 0.4) is 0 Å². The van der Waals surface area contributed by atoms with E-state index >= 15 is 0 Å². The number of ether oxygens (including phenoxy) is 1. The third-order valence-electron chi connectivity index (χ3n) is 4.09. The average Bonchev–Trinajstić information content (AvgIpc) is 3.05. The van der Waals surface area contributed by atoms with E-state index in [-0.39, 0.29) is 5.91 Å². The largest absolute Gasteiger partial charge is 0.380 e. The fourth-order valence-electron chi connectivity index (χ4n) is 2.75. The lowest BCUT2D eigenvalue weighted by Gasteiger charge is -2.18. The van der Waals surface area contributed by atoms with Gasteiger partial charge in [0.2, 0.25) is 0 Å². The quantitative estimate of drug-likeness (QED) is 0.926. The summed E-state index contributed by atoms with van der Waals surface area (Å²) in [7, 11) is 1.75. The summed E-state index contributed by atoms with van der Waals surface area (Å²) in [5.74, 6) is -0.205. The van der Waals surface area contributed by atoms with E-state index in [2.05, 4.69) is 10.2 Å². The van der Waals surface area contributed by atoms with Crippen molar-refractivity contribution in [3.63, 3.8) is 0 Å². The van der Waals surface area contributed by atoms with E-state index in [1.165, 1.54) is 0 Å². The summed E-state index contributed by atoms with van der Waals surface area (Å²) in [6, 6.07) is 14.9. The molecule has 1 aliphatic rings. The number of nitrogens with zero attached hydrogens (tertiary/aromatic N) is 1. The number of halogens is 1. The smallest absolute Gasteiger partial charge is 0.257 e. The first kappa shape index (κ1) is 15.8. The Hall–Kier alpha value is -2.04. The van der Waals surface area contributed by atoms with Gasteiger partial charge in [0.05, 0.1) is 16.7 Å². The lowest BCUT2D eigenvalue weighted by atomic mass is 10.2. The Bertz CT molecular complexity index is 688. The van der Waals surface area contributed by atoms with Crippen LogP contribution < -0.4 is 10.2 Å². The van der Waals surface area contributed by atoms with Gasteiger partial charge in [0, 0.05) is 31.6 Å². The Morgan fingerprint density at radius 3 is 2.61 bits per heavy atom. The number of methoxy groups -OCH3 is 1. The second-order valence-electron chi connectivity index (χ2n) is 5.57. The third kappa shape index (κ3) is 3.66. The molecule has 1 N–H and O–H groups in total. The Labute approximate surface area is 141 Å². The molecular weight excluding hydrogens is 312 g/mol. The zero-order valence-electron chi connectivity index (χ0n) is 13.0. The van der Waals surface area contributed by atoms with Crippen LogP contribution in [0.25, 0.3) is 0 Å². The van der Waals surface area contributed by atoms with Crippen LogP contribution >= 0.6 is 11.6 Å². The zero-order valence-corrected chi connectivity index (χ0v) is 13.7. The van der Waals surface area contributed by atoms with Gasteiger partial charge in [-0.15, -0.1) is 0 Å². The minimum absolute atomic E-state index is 0.205. The molecule has 5 heteroatoms. The van der Waals surface area contributed by atoms with E-state index in [0.717, 1.165) is 30.9 Å². The van der Waals surface area contributed by atoms with Gasteiger partial charge in [-0.3, -0.25) is 4.79 Å². The number of anilines is 2. The maximum Gasteiger partial charge on any atom is 0.257 e. The molecule has 1 saturated heterocycles. The van der Waals surface area contributed by atoms with Crippen LogP contribution in [0, 0.1) is 0 Å². The van der Waals surface area contributed by atoms with Crippen molar-refractivity contribution < 1.29 is 9.53 Å². The number of rotatable bonds is 4. The molecule has 0 saturated carbocycles.